The summed E-state index contributed by atoms with van der Waals surface area (Å²) in [7, 11) is 0. The van der Waals surface area contributed by atoms with E-state index in [0.717, 1.165) is 24.3 Å². The van der Waals surface area contributed by atoms with Crippen molar-refractivity contribution in [2.45, 2.75) is 10.4 Å². The topological polar surface area (TPSA) is 98.5 Å². The van der Waals surface area contributed by atoms with E-state index in [1.165, 1.54) is 0 Å². The molecular weight excluding hydrogens is 325 g/mol. The zero-order valence-corrected chi connectivity index (χ0v) is 11.8. The fraction of sp³-hybridized carbons (Fsp3) is 0.250. The summed E-state index contributed by atoms with van der Waals surface area (Å²) in [5.74, 6) is -2.35. The van der Waals surface area contributed by atoms with E-state index in [9.17, 15) is 27.6 Å². The zero-order chi connectivity index (χ0) is 16.8. The summed E-state index contributed by atoms with van der Waals surface area (Å²) in [6, 6.07) is 4.53. The fourth-order valence-electron chi connectivity index (χ4n) is 1.24. The van der Waals surface area contributed by atoms with Gasteiger partial charge in [0.1, 0.15) is 0 Å². The molecule has 0 aliphatic rings. The highest BCUT2D eigenvalue weighted by Crippen LogP contribution is 2.36. The molecule has 0 unspecified atom stereocenters. The summed E-state index contributed by atoms with van der Waals surface area (Å²) in [6.07, 6.45) is 0. The Hall–Kier alpha value is -2.23. The quantitative estimate of drug-likeness (QED) is 0.598. The second kappa shape index (κ2) is 7.69. The Morgan fingerprint density at radius 2 is 1.77 bits per heavy atom. The number of thioether (sulfide) groups is 1. The van der Waals surface area contributed by atoms with Gasteiger partial charge < -0.3 is 15.8 Å². The van der Waals surface area contributed by atoms with Crippen LogP contribution in [0.3, 0.4) is 0 Å². The number of alkyl halides is 3. The van der Waals surface area contributed by atoms with Crippen LogP contribution in [0, 0.1) is 0 Å². The summed E-state index contributed by atoms with van der Waals surface area (Å²) >= 11 is -0.311. The number of primary amides is 1. The number of hydrogen-bond donors (Lipinski definition) is 2. The van der Waals surface area contributed by atoms with Gasteiger partial charge in [-0.15, -0.1) is 0 Å². The largest absolute Gasteiger partial charge is 0.452 e. The Morgan fingerprint density at radius 1 is 1.18 bits per heavy atom. The smallest absolute Gasteiger partial charge is 0.446 e. The van der Waals surface area contributed by atoms with E-state index in [1.807, 2.05) is 0 Å². The highest BCUT2D eigenvalue weighted by molar-refractivity contribution is 8.00. The number of ether oxygens (including phenoxy) is 1. The number of rotatable bonds is 6. The Balaban J connectivity index is 2.49. The average molecular weight is 336 g/mol. The SMILES string of the molecule is NC(=O)CNC(=O)COC(=O)c1ccc(SC(F)(F)F)cc1. The van der Waals surface area contributed by atoms with Crippen LogP contribution in [0.1, 0.15) is 10.4 Å². The van der Waals surface area contributed by atoms with Crippen LogP contribution in [0.5, 0.6) is 0 Å². The van der Waals surface area contributed by atoms with Gasteiger partial charge in [0, 0.05) is 4.90 Å². The van der Waals surface area contributed by atoms with Crippen molar-refractivity contribution in [2.24, 2.45) is 5.73 Å². The molecule has 22 heavy (non-hydrogen) atoms. The number of nitrogens with two attached hydrogens (primary N) is 1. The lowest BCUT2D eigenvalue weighted by atomic mass is 10.2. The molecule has 0 heterocycles. The minimum atomic E-state index is -4.42. The summed E-state index contributed by atoms with van der Waals surface area (Å²) in [4.78, 5) is 33.1. The standard InChI is InChI=1S/C12H11F3N2O4S/c13-12(14,15)22-8-3-1-7(2-4-8)11(20)21-6-10(19)17-5-9(16)18/h1-4H,5-6H2,(H2,16,18)(H,17,19). The van der Waals surface area contributed by atoms with Crippen LogP contribution in [-0.4, -0.2) is 36.4 Å². The van der Waals surface area contributed by atoms with Gasteiger partial charge >= 0.3 is 11.5 Å². The number of halogens is 3. The van der Waals surface area contributed by atoms with Crippen LogP contribution in [0.4, 0.5) is 13.2 Å². The van der Waals surface area contributed by atoms with Crippen LogP contribution < -0.4 is 11.1 Å². The van der Waals surface area contributed by atoms with Crippen molar-refractivity contribution < 1.29 is 32.3 Å². The third kappa shape index (κ3) is 6.97. The molecule has 0 spiro atoms. The molecule has 1 rings (SSSR count). The number of hydrogen-bond acceptors (Lipinski definition) is 5. The Labute approximate surface area is 127 Å². The molecule has 10 heteroatoms. The molecule has 0 fully saturated rings. The van der Waals surface area contributed by atoms with Crippen molar-refractivity contribution in [3.05, 3.63) is 29.8 Å². The highest BCUT2D eigenvalue weighted by atomic mass is 32.2. The number of carbonyl (C=O) groups is 3. The average Bonchev–Trinajstić information content (AvgIpc) is 2.41. The summed E-state index contributed by atoms with van der Waals surface area (Å²) in [5, 5.41) is 2.10. The molecule has 2 amide bonds. The van der Waals surface area contributed by atoms with E-state index in [-0.39, 0.29) is 28.8 Å². The maximum atomic E-state index is 12.1. The first kappa shape index (κ1) is 17.8. The molecule has 0 bridgehead atoms. The lowest BCUT2D eigenvalue weighted by molar-refractivity contribution is -0.127. The molecule has 1 aromatic rings. The molecule has 120 valence electrons. The van der Waals surface area contributed by atoms with E-state index in [0.29, 0.717) is 0 Å². The molecule has 0 aliphatic carbocycles. The van der Waals surface area contributed by atoms with Gasteiger partial charge in [-0.25, -0.2) is 4.79 Å². The highest BCUT2D eigenvalue weighted by Gasteiger charge is 2.29. The minimum absolute atomic E-state index is 0.00535. The summed E-state index contributed by atoms with van der Waals surface area (Å²) in [5.41, 5.74) is 0.381. The van der Waals surface area contributed by atoms with Crippen LogP contribution in [-0.2, 0) is 14.3 Å². The number of esters is 1. The monoisotopic (exact) mass is 336 g/mol. The number of benzene rings is 1. The van der Waals surface area contributed by atoms with E-state index in [2.05, 4.69) is 10.1 Å². The van der Waals surface area contributed by atoms with Crippen LogP contribution >= 0.6 is 11.8 Å². The van der Waals surface area contributed by atoms with Crippen LogP contribution in [0.25, 0.3) is 0 Å². The lowest BCUT2D eigenvalue weighted by Gasteiger charge is -2.07. The second-order valence-corrected chi connectivity index (χ2v) is 5.03. The van der Waals surface area contributed by atoms with Crippen molar-refractivity contribution in [2.75, 3.05) is 13.2 Å². The van der Waals surface area contributed by atoms with Gasteiger partial charge in [0.15, 0.2) is 6.61 Å². The zero-order valence-electron chi connectivity index (χ0n) is 11.0. The van der Waals surface area contributed by atoms with Gasteiger partial charge in [-0.1, -0.05) is 0 Å². The predicted octanol–water partition coefficient (Wildman–Crippen LogP) is 1.06. The molecule has 0 saturated heterocycles. The third-order valence-corrected chi connectivity index (χ3v) is 2.86. The molecule has 0 aliphatic heterocycles. The minimum Gasteiger partial charge on any atom is -0.452 e. The van der Waals surface area contributed by atoms with Crippen molar-refractivity contribution in [1.82, 2.24) is 5.32 Å². The third-order valence-electron chi connectivity index (χ3n) is 2.12. The molecule has 0 aromatic heterocycles. The van der Waals surface area contributed by atoms with Gasteiger partial charge in [0.05, 0.1) is 12.1 Å². The normalized spacial score (nSPS) is 10.9. The van der Waals surface area contributed by atoms with Gasteiger partial charge in [-0.3, -0.25) is 9.59 Å². The molecule has 3 N–H and O–H groups in total. The molecule has 0 radical (unpaired) electrons. The first-order chi connectivity index (χ1) is 10.2. The fourth-order valence-corrected chi connectivity index (χ4v) is 1.78. The number of amides is 2. The molecular formula is C12H11F3N2O4S. The van der Waals surface area contributed by atoms with Gasteiger partial charge in [0.2, 0.25) is 5.91 Å². The van der Waals surface area contributed by atoms with E-state index >= 15 is 0 Å². The van der Waals surface area contributed by atoms with Crippen molar-refractivity contribution in [1.29, 1.82) is 0 Å². The molecule has 0 atom stereocenters. The van der Waals surface area contributed by atoms with E-state index in [4.69, 9.17) is 5.73 Å². The summed E-state index contributed by atoms with van der Waals surface area (Å²) in [6.45, 7) is -1.02. The van der Waals surface area contributed by atoms with Gasteiger partial charge in [-0.05, 0) is 36.0 Å². The number of nitrogens with one attached hydrogen (secondary N) is 1. The lowest BCUT2D eigenvalue weighted by Crippen LogP contribution is -2.35. The van der Waals surface area contributed by atoms with Crippen LogP contribution in [0.15, 0.2) is 29.2 Å². The van der Waals surface area contributed by atoms with Crippen molar-refractivity contribution in [3.63, 3.8) is 0 Å². The van der Waals surface area contributed by atoms with Gasteiger partial charge in [-0.2, -0.15) is 13.2 Å². The van der Waals surface area contributed by atoms with E-state index in [1.54, 1.807) is 0 Å². The van der Waals surface area contributed by atoms with E-state index < -0.39 is 29.9 Å². The first-order valence-electron chi connectivity index (χ1n) is 5.75. The predicted molar refractivity (Wildman–Crippen MR) is 70.8 cm³/mol. The first-order valence-corrected chi connectivity index (χ1v) is 6.57. The molecule has 6 nitrogen and oxygen atoms in total. The maximum absolute atomic E-state index is 12.1. The Bertz CT molecular complexity index is 560. The number of carbonyl (C=O) groups excluding carboxylic acids is 3. The second-order valence-electron chi connectivity index (χ2n) is 3.89. The van der Waals surface area contributed by atoms with Crippen molar-refractivity contribution >= 4 is 29.5 Å². The Morgan fingerprint density at radius 3 is 2.27 bits per heavy atom. The summed E-state index contributed by atoms with van der Waals surface area (Å²) < 4.78 is 41.0. The van der Waals surface area contributed by atoms with Gasteiger partial charge in [0.25, 0.3) is 5.91 Å². The molecule has 0 saturated carbocycles. The Kier molecular flexibility index (Phi) is 6.23. The molecule has 1 aromatic carbocycles. The maximum Gasteiger partial charge on any atom is 0.446 e. The van der Waals surface area contributed by atoms with Crippen molar-refractivity contribution in [3.8, 4) is 0 Å². The van der Waals surface area contributed by atoms with Crippen LogP contribution in [0.2, 0.25) is 0 Å².